The first-order valence-corrected chi connectivity index (χ1v) is 12.5. The third-order valence-corrected chi connectivity index (χ3v) is 8.34. The number of allylic oxidation sites excluding steroid dienone is 4. The van der Waals surface area contributed by atoms with Gasteiger partial charge in [-0.05, 0) is 47.4 Å². The van der Waals surface area contributed by atoms with Crippen molar-refractivity contribution in [3.8, 4) is 11.4 Å². The van der Waals surface area contributed by atoms with Crippen LogP contribution in [0.3, 0.4) is 0 Å². The fourth-order valence-electron chi connectivity index (χ4n) is 6.64. The highest BCUT2D eigenvalue weighted by Gasteiger charge is 2.36. The number of nitrogens with zero attached hydrogens (tertiary/aromatic N) is 1. The van der Waals surface area contributed by atoms with E-state index in [1.807, 2.05) is 0 Å². The highest BCUT2D eigenvalue weighted by atomic mass is 16.5. The summed E-state index contributed by atoms with van der Waals surface area (Å²) < 4.78 is 8.91. The van der Waals surface area contributed by atoms with Crippen LogP contribution >= 0.6 is 0 Å². The summed E-state index contributed by atoms with van der Waals surface area (Å²) in [7, 11) is 0. The predicted octanol–water partition coefficient (Wildman–Crippen LogP) is 8.27. The maximum absolute atomic E-state index is 6.43. The van der Waals surface area contributed by atoms with Gasteiger partial charge in [0.2, 0.25) is 0 Å². The third-order valence-electron chi connectivity index (χ3n) is 8.34. The van der Waals surface area contributed by atoms with Gasteiger partial charge >= 0.3 is 0 Å². The van der Waals surface area contributed by atoms with Crippen molar-refractivity contribution >= 4 is 27.4 Å². The van der Waals surface area contributed by atoms with Gasteiger partial charge in [0, 0.05) is 33.2 Å². The van der Waals surface area contributed by atoms with Crippen LogP contribution in [0.25, 0.3) is 33.1 Å². The van der Waals surface area contributed by atoms with Gasteiger partial charge < -0.3 is 9.30 Å². The number of fused-ring (bicyclic) bond motifs is 8. The molecule has 1 unspecified atom stereocenters. The molecule has 0 bridgehead atoms. The Hall–Kier alpha value is -4.04. The summed E-state index contributed by atoms with van der Waals surface area (Å²) in [6.45, 7) is 4.70. The van der Waals surface area contributed by atoms with Crippen LogP contribution in [0.4, 0.5) is 0 Å². The zero-order valence-electron chi connectivity index (χ0n) is 19.9. The molecule has 0 radical (unpaired) electrons. The smallest absolute Gasteiger partial charge is 0.130 e. The van der Waals surface area contributed by atoms with Gasteiger partial charge in [-0.25, -0.2) is 0 Å². The Morgan fingerprint density at radius 2 is 1.66 bits per heavy atom. The van der Waals surface area contributed by atoms with Crippen LogP contribution in [0.1, 0.15) is 48.4 Å². The minimum Gasteiger partial charge on any atom is -0.460 e. The van der Waals surface area contributed by atoms with Crippen LogP contribution < -0.4 is 4.74 Å². The molecular formula is C33H25NO. The first kappa shape index (κ1) is 19.3. The lowest BCUT2D eigenvalue weighted by Crippen LogP contribution is -2.26. The molecule has 0 N–H and O–H groups in total. The lowest BCUT2D eigenvalue weighted by molar-refractivity contribution is 0.429. The second kappa shape index (κ2) is 6.55. The molecule has 0 spiro atoms. The normalized spacial score (nSPS) is 19.0. The van der Waals surface area contributed by atoms with Gasteiger partial charge in [0.05, 0.1) is 16.7 Å². The predicted molar refractivity (Wildman–Crippen MR) is 143 cm³/mol. The molecule has 4 aromatic carbocycles. The van der Waals surface area contributed by atoms with Crippen LogP contribution in [-0.2, 0) is 5.41 Å². The van der Waals surface area contributed by atoms with Crippen LogP contribution in [0, 0.1) is 0 Å². The maximum Gasteiger partial charge on any atom is 0.130 e. The minimum atomic E-state index is -0.0449. The van der Waals surface area contributed by atoms with Crippen molar-refractivity contribution in [2.45, 2.75) is 31.6 Å². The molecule has 1 atom stereocenters. The van der Waals surface area contributed by atoms with Crippen molar-refractivity contribution in [2.24, 2.45) is 0 Å². The van der Waals surface area contributed by atoms with Crippen molar-refractivity contribution in [3.63, 3.8) is 0 Å². The number of para-hydroxylation sites is 3. The number of hydrogen-bond acceptors (Lipinski definition) is 1. The number of benzene rings is 4. The molecular weight excluding hydrogens is 426 g/mol. The van der Waals surface area contributed by atoms with E-state index in [9.17, 15) is 0 Å². The molecule has 2 heteroatoms. The monoisotopic (exact) mass is 451 g/mol. The SMILES string of the molecule is CC1(C)c2ccccc2-n2c3ccc(C4=C5Oc6ccccc6C5CC=C4)cc3c3cccc1c32. The van der Waals surface area contributed by atoms with E-state index in [4.69, 9.17) is 4.74 Å². The van der Waals surface area contributed by atoms with E-state index >= 15 is 0 Å². The molecule has 3 heterocycles. The Balaban J connectivity index is 1.41. The Morgan fingerprint density at radius 3 is 2.60 bits per heavy atom. The van der Waals surface area contributed by atoms with E-state index < -0.39 is 0 Å². The van der Waals surface area contributed by atoms with Gasteiger partial charge in [-0.15, -0.1) is 0 Å². The van der Waals surface area contributed by atoms with Crippen molar-refractivity contribution < 1.29 is 4.74 Å². The van der Waals surface area contributed by atoms with E-state index in [-0.39, 0.29) is 5.41 Å². The van der Waals surface area contributed by atoms with E-state index in [0.29, 0.717) is 5.92 Å². The summed E-state index contributed by atoms with van der Waals surface area (Å²) in [4.78, 5) is 0. The molecule has 2 nitrogen and oxygen atoms in total. The topological polar surface area (TPSA) is 14.2 Å². The zero-order valence-corrected chi connectivity index (χ0v) is 19.9. The van der Waals surface area contributed by atoms with E-state index in [0.717, 1.165) is 17.9 Å². The van der Waals surface area contributed by atoms with Crippen molar-refractivity contribution in [1.29, 1.82) is 0 Å². The van der Waals surface area contributed by atoms with Crippen LogP contribution in [0.2, 0.25) is 0 Å². The van der Waals surface area contributed by atoms with Crippen LogP contribution in [0.15, 0.2) is 103 Å². The average Bonchev–Trinajstić information content (AvgIpc) is 3.43. The summed E-state index contributed by atoms with van der Waals surface area (Å²) in [5, 5.41) is 2.62. The summed E-state index contributed by atoms with van der Waals surface area (Å²) in [6, 6.07) is 31.1. The van der Waals surface area contributed by atoms with Gasteiger partial charge in [-0.2, -0.15) is 0 Å². The molecule has 0 amide bonds. The van der Waals surface area contributed by atoms with Crippen LogP contribution in [0.5, 0.6) is 5.75 Å². The summed E-state index contributed by atoms with van der Waals surface area (Å²) in [5.74, 6) is 2.40. The number of hydrogen-bond donors (Lipinski definition) is 0. The van der Waals surface area contributed by atoms with Crippen molar-refractivity contribution in [2.75, 3.05) is 0 Å². The molecule has 0 fully saturated rings. The molecule has 5 aromatic rings. The molecule has 0 saturated heterocycles. The molecule has 35 heavy (non-hydrogen) atoms. The Morgan fingerprint density at radius 1 is 0.829 bits per heavy atom. The number of aromatic nitrogens is 1. The Kier molecular flexibility index (Phi) is 3.61. The summed E-state index contributed by atoms with van der Waals surface area (Å²) >= 11 is 0. The molecule has 1 aliphatic carbocycles. The molecule has 0 saturated carbocycles. The molecule has 2 aliphatic heterocycles. The van der Waals surface area contributed by atoms with Gasteiger partial charge in [0.1, 0.15) is 11.5 Å². The first-order valence-electron chi connectivity index (χ1n) is 12.5. The fourth-order valence-corrected chi connectivity index (χ4v) is 6.64. The Bertz CT molecular complexity index is 1780. The lowest BCUT2D eigenvalue weighted by Gasteiger charge is -2.34. The number of ether oxygens (including phenoxy) is 1. The zero-order chi connectivity index (χ0) is 23.3. The van der Waals surface area contributed by atoms with E-state index in [2.05, 4.69) is 115 Å². The maximum atomic E-state index is 6.43. The average molecular weight is 452 g/mol. The van der Waals surface area contributed by atoms with E-state index in [1.54, 1.807) is 0 Å². The molecule has 168 valence electrons. The van der Waals surface area contributed by atoms with Gasteiger partial charge in [0.15, 0.2) is 0 Å². The second-order valence-corrected chi connectivity index (χ2v) is 10.5. The highest BCUT2D eigenvalue weighted by Crippen LogP contribution is 2.50. The lowest BCUT2D eigenvalue weighted by atomic mass is 9.75. The highest BCUT2D eigenvalue weighted by molar-refractivity contribution is 6.12. The van der Waals surface area contributed by atoms with Crippen LogP contribution in [-0.4, -0.2) is 4.57 Å². The van der Waals surface area contributed by atoms with Gasteiger partial charge in [0.25, 0.3) is 0 Å². The molecule has 3 aliphatic rings. The standard InChI is InChI=1S/C33H25NO/c1-33(2)26-13-4-5-15-29(26)34-28-18-17-20(19-25(28)23-11-8-14-27(33)31(23)34)21-10-7-12-24-22-9-3-6-16-30(22)35-32(21)24/h3-11,13-19,24H,12H2,1-2H3. The molecule has 8 rings (SSSR count). The number of rotatable bonds is 1. The van der Waals surface area contributed by atoms with E-state index in [1.165, 1.54) is 55.3 Å². The minimum absolute atomic E-state index is 0.0449. The molecule has 1 aromatic heterocycles. The summed E-state index contributed by atoms with van der Waals surface area (Å²) in [6.07, 6.45) is 5.54. The first-order chi connectivity index (χ1) is 17.1. The van der Waals surface area contributed by atoms with Gasteiger partial charge in [-0.3, -0.25) is 0 Å². The largest absolute Gasteiger partial charge is 0.460 e. The third kappa shape index (κ3) is 2.39. The Labute approximate surface area is 204 Å². The van der Waals surface area contributed by atoms with Crippen molar-refractivity contribution in [3.05, 3.63) is 125 Å². The quantitative estimate of drug-likeness (QED) is 0.250. The fraction of sp³-hybridized carbons (Fsp3) is 0.152. The van der Waals surface area contributed by atoms with Gasteiger partial charge in [-0.1, -0.05) is 86.7 Å². The summed E-state index contributed by atoms with van der Waals surface area (Å²) in [5.41, 5.74) is 10.3. The second-order valence-electron chi connectivity index (χ2n) is 10.5. The van der Waals surface area contributed by atoms with Crippen molar-refractivity contribution in [1.82, 2.24) is 4.57 Å².